The van der Waals surface area contributed by atoms with Gasteiger partial charge in [0.15, 0.2) is 0 Å². The number of ether oxygens (including phenoxy) is 1. The second kappa shape index (κ2) is 9.64. The largest absolute Gasteiger partial charge is 0.471 e. The predicted molar refractivity (Wildman–Crippen MR) is 114 cm³/mol. The normalized spacial score (nSPS) is 16.4. The zero-order valence-corrected chi connectivity index (χ0v) is 18.1. The lowest BCUT2D eigenvalue weighted by Crippen LogP contribution is -2.53. The van der Waals surface area contributed by atoms with Gasteiger partial charge in [0.2, 0.25) is 5.82 Å². The van der Waals surface area contributed by atoms with Crippen LogP contribution in [0.5, 0.6) is 0 Å². The molecule has 1 aliphatic heterocycles. The van der Waals surface area contributed by atoms with Crippen LogP contribution in [-0.2, 0) is 10.9 Å². The number of morpholine rings is 1. The number of carbonyl (C=O) groups is 2. The molecule has 1 aliphatic rings. The number of halogens is 3. The Morgan fingerprint density at radius 2 is 1.91 bits per heavy atom. The van der Waals surface area contributed by atoms with Crippen molar-refractivity contribution in [2.24, 2.45) is 0 Å². The van der Waals surface area contributed by atoms with Crippen molar-refractivity contribution in [1.82, 2.24) is 20.4 Å². The summed E-state index contributed by atoms with van der Waals surface area (Å²) < 4.78 is 47.6. The second-order valence-corrected chi connectivity index (χ2v) is 7.81. The number of aromatic nitrogens is 2. The Morgan fingerprint density at radius 1 is 1.15 bits per heavy atom. The van der Waals surface area contributed by atoms with Gasteiger partial charge in [0.05, 0.1) is 19.3 Å². The molecule has 11 heteroatoms. The van der Waals surface area contributed by atoms with E-state index in [1.54, 1.807) is 11.0 Å². The van der Waals surface area contributed by atoms with Crippen LogP contribution in [0.1, 0.15) is 32.2 Å². The third-order valence-corrected chi connectivity index (χ3v) is 5.33. The minimum absolute atomic E-state index is 0.131. The molecule has 1 fully saturated rings. The molecule has 1 saturated heterocycles. The van der Waals surface area contributed by atoms with Crippen molar-refractivity contribution in [3.63, 3.8) is 0 Å². The first kappa shape index (κ1) is 23.4. The van der Waals surface area contributed by atoms with Crippen molar-refractivity contribution in [2.75, 3.05) is 26.3 Å². The lowest BCUT2D eigenvalue weighted by Gasteiger charge is -2.35. The van der Waals surface area contributed by atoms with Crippen molar-refractivity contribution in [2.45, 2.75) is 19.1 Å². The highest BCUT2D eigenvalue weighted by molar-refractivity contribution is 5.95. The van der Waals surface area contributed by atoms with Crippen LogP contribution in [0, 0.1) is 6.92 Å². The van der Waals surface area contributed by atoms with Crippen LogP contribution in [0.3, 0.4) is 0 Å². The van der Waals surface area contributed by atoms with Crippen LogP contribution in [0.15, 0.2) is 53.1 Å². The summed E-state index contributed by atoms with van der Waals surface area (Å²) in [5, 5.41) is 6.11. The molecule has 0 radical (unpaired) electrons. The quantitative estimate of drug-likeness (QED) is 0.609. The lowest BCUT2D eigenvalue weighted by atomic mass is 10.1. The van der Waals surface area contributed by atoms with Crippen LogP contribution in [0.4, 0.5) is 13.2 Å². The van der Waals surface area contributed by atoms with Crippen molar-refractivity contribution in [1.29, 1.82) is 0 Å². The zero-order valence-electron chi connectivity index (χ0n) is 18.1. The van der Waals surface area contributed by atoms with E-state index in [-0.39, 0.29) is 42.1 Å². The summed E-state index contributed by atoms with van der Waals surface area (Å²) in [5.74, 6) is -2.20. The van der Waals surface area contributed by atoms with Gasteiger partial charge in [0.25, 0.3) is 11.8 Å². The molecule has 0 bridgehead atoms. The molecule has 1 aromatic heterocycles. The summed E-state index contributed by atoms with van der Waals surface area (Å²) in [6, 6.07) is 12.7. The van der Waals surface area contributed by atoms with Crippen LogP contribution in [-0.4, -0.2) is 59.2 Å². The molecule has 178 valence electrons. The van der Waals surface area contributed by atoms with E-state index < -0.39 is 18.0 Å². The SMILES string of the molecule is Cc1cccc(C(=O)N2CCOCC2CNC(=O)c2ccc(-c3noc(C(F)(F)F)n3)cc2)c1. The first-order chi connectivity index (χ1) is 16.2. The maximum absolute atomic E-state index is 13.0. The molecule has 3 aromatic rings. The molecule has 0 aliphatic carbocycles. The van der Waals surface area contributed by atoms with Crippen LogP contribution >= 0.6 is 0 Å². The molecular weight excluding hydrogens is 453 g/mol. The summed E-state index contributed by atoms with van der Waals surface area (Å²) in [6.07, 6.45) is -4.73. The Kier molecular flexibility index (Phi) is 6.64. The van der Waals surface area contributed by atoms with Gasteiger partial charge in [-0.15, -0.1) is 0 Å². The molecule has 8 nitrogen and oxygen atoms in total. The molecule has 1 atom stereocenters. The van der Waals surface area contributed by atoms with E-state index in [9.17, 15) is 22.8 Å². The molecule has 1 unspecified atom stereocenters. The van der Waals surface area contributed by atoms with Gasteiger partial charge in [-0.2, -0.15) is 18.2 Å². The summed E-state index contributed by atoms with van der Waals surface area (Å²) in [6.45, 7) is 3.20. The second-order valence-electron chi connectivity index (χ2n) is 7.81. The van der Waals surface area contributed by atoms with E-state index in [1.165, 1.54) is 24.3 Å². The van der Waals surface area contributed by atoms with Gasteiger partial charge < -0.3 is 19.5 Å². The van der Waals surface area contributed by atoms with E-state index in [2.05, 4.69) is 20.0 Å². The zero-order chi connectivity index (χ0) is 24.3. The third kappa shape index (κ3) is 5.25. The lowest BCUT2D eigenvalue weighted by molar-refractivity contribution is -0.159. The van der Waals surface area contributed by atoms with Crippen molar-refractivity contribution in [3.05, 3.63) is 71.1 Å². The molecular formula is C23H21F3N4O4. The first-order valence-corrected chi connectivity index (χ1v) is 10.5. The topological polar surface area (TPSA) is 97.6 Å². The Hall–Kier alpha value is -3.73. The number of benzene rings is 2. The van der Waals surface area contributed by atoms with Crippen LogP contribution < -0.4 is 5.32 Å². The molecule has 4 rings (SSSR count). The van der Waals surface area contributed by atoms with E-state index in [0.29, 0.717) is 18.7 Å². The first-order valence-electron chi connectivity index (χ1n) is 10.5. The smallest absolute Gasteiger partial charge is 0.377 e. The highest BCUT2D eigenvalue weighted by Gasteiger charge is 2.38. The van der Waals surface area contributed by atoms with Gasteiger partial charge >= 0.3 is 12.1 Å². The Bertz CT molecular complexity index is 1180. The fourth-order valence-corrected chi connectivity index (χ4v) is 3.57. The number of carbonyl (C=O) groups excluding carboxylic acids is 2. The van der Waals surface area contributed by atoms with Gasteiger partial charge in [0.1, 0.15) is 0 Å². The molecule has 0 saturated carbocycles. The molecule has 2 amide bonds. The standard InChI is InChI=1S/C23H21F3N4O4/c1-14-3-2-4-17(11-14)21(32)30-9-10-33-13-18(30)12-27-20(31)16-7-5-15(6-8-16)19-28-22(34-29-19)23(24,25)26/h2-8,11,18H,9-10,12-13H2,1H3,(H,27,31). The van der Waals surface area contributed by atoms with Gasteiger partial charge in [-0.1, -0.05) is 35.0 Å². The monoisotopic (exact) mass is 474 g/mol. The number of hydrogen-bond donors (Lipinski definition) is 1. The fraction of sp³-hybridized carbons (Fsp3) is 0.304. The Labute approximate surface area is 192 Å². The van der Waals surface area contributed by atoms with Gasteiger partial charge in [-0.05, 0) is 31.2 Å². The van der Waals surface area contributed by atoms with Crippen LogP contribution in [0.2, 0.25) is 0 Å². The van der Waals surface area contributed by atoms with Gasteiger partial charge in [-0.25, -0.2) is 0 Å². The molecule has 34 heavy (non-hydrogen) atoms. The van der Waals surface area contributed by atoms with Crippen LogP contribution in [0.25, 0.3) is 11.4 Å². The van der Waals surface area contributed by atoms with Crippen molar-refractivity contribution >= 4 is 11.8 Å². The number of hydrogen-bond acceptors (Lipinski definition) is 6. The molecule has 1 N–H and O–H groups in total. The Balaban J connectivity index is 1.39. The Morgan fingerprint density at radius 3 is 2.59 bits per heavy atom. The number of amides is 2. The number of alkyl halides is 3. The van der Waals surface area contributed by atoms with E-state index in [0.717, 1.165) is 5.56 Å². The average molecular weight is 474 g/mol. The van der Waals surface area contributed by atoms with Crippen molar-refractivity contribution in [3.8, 4) is 11.4 Å². The van der Waals surface area contributed by atoms with E-state index >= 15 is 0 Å². The minimum atomic E-state index is -4.73. The predicted octanol–water partition coefficient (Wildman–Crippen LogP) is 3.33. The van der Waals surface area contributed by atoms with E-state index in [4.69, 9.17) is 4.74 Å². The highest BCUT2D eigenvalue weighted by atomic mass is 19.4. The van der Waals surface area contributed by atoms with Crippen molar-refractivity contribution < 1.29 is 32.0 Å². The number of nitrogens with one attached hydrogen (secondary N) is 1. The average Bonchev–Trinajstić information content (AvgIpc) is 3.33. The molecule has 0 spiro atoms. The summed E-state index contributed by atoms with van der Waals surface area (Å²) >= 11 is 0. The number of nitrogens with zero attached hydrogens (tertiary/aromatic N) is 3. The fourth-order valence-electron chi connectivity index (χ4n) is 3.57. The van der Waals surface area contributed by atoms with Gasteiger partial charge in [0, 0.05) is 29.8 Å². The minimum Gasteiger partial charge on any atom is -0.377 e. The number of rotatable bonds is 5. The molecule has 2 aromatic carbocycles. The van der Waals surface area contributed by atoms with Gasteiger partial charge in [-0.3, -0.25) is 9.59 Å². The summed E-state index contributed by atoms with van der Waals surface area (Å²) in [7, 11) is 0. The number of aryl methyl sites for hydroxylation is 1. The highest BCUT2D eigenvalue weighted by Crippen LogP contribution is 2.29. The summed E-state index contributed by atoms with van der Waals surface area (Å²) in [4.78, 5) is 30.6. The maximum Gasteiger partial charge on any atom is 0.471 e. The third-order valence-electron chi connectivity index (χ3n) is 5.33. The molecule has 2 heterocycles. The van der Waals surface area contributed by atoms with E-state index in [1.807, 2.05) is 25.1 Å². The summed E-state index contributed by atoms with van der Waals surface area (Å²) in [5.41, 5.74) is 2.11. The maximum atomic E-state index is 13.0.